The molecule has 4 heteroatoms. The second-order valence-electron chi connectivity index (χ2n) is 2.15. The van der Waals surface area contributed by atoms with Crippen LogP contribution in [0.4, 0.5) is 0 Å². The Labute approximate surface area is 70.4 Å². The first-order chi connectivity index (χ1) is 4.84. The zero-order valence-electron chi connectivity index (χ0n) is 5.56. The van der Waals surface area contributed by atoms with Crippen LogP contribution < -0.4 is 0 Å². The second kappa shape index (κ2) is 4.39. The third-order valence-electron chi connectivity index (χ3n) is 1.39. The summed E-state index contributed by atoms with van der Waals surface area (Å²) in [4.78, 5) is 0. The Morgan fingerprint density at radius 3 is 2.80 bits per heavy atom. The van der Waals surface area contributed by atoms with Crippen molar-refractivity contribution >= 4 is 23.2 Å². The van der Waals surface area contributed by atoms with Gasteiger partial charge in [0.2, 0.25) is 0 Å². The van der Waals surface area contributed by atoms with Crippen LogP contribution in [0.5, 0.6) is 0 Å². The normalized spacial score (nSPS) is 30.0. The van der Waals surface area contributed by atoms with E-state index in [0.717, 1.165) is 0 Å². The Hall–Kier alpha value is 0.500. The zero-order chi connectivity index (χ0) is 7.40. The number of hydrogen-bond donors (Lipinski definition) is 0. The van der Waals surface area contributed by atoms with E-state index >= 15 is 0 Å². The van der Waals surface area contributed by atoms with Gasteiger partial charge in [0.15, 0.2) is 0 Å². The summed E-state index contributed by atoms with van der Waals surface area (Å²) >= 11 is 11.3. The van der Waals surface area contributed by atoms with E-state index in [-0.39, 0.29) is 11.5 Å². The molecule has 1 aliphatic heterocycles. The molecule has 0 saturated carbocycles. The van der Waals surface area contributed by atoms with E-state index in [1.54, 1.807) is 0 Å². The van der Waals surface area contributed by atoms with Crippen LogP contribution in [0.3, 0.4) is 0 Å². The highest BCUT2D eigenvalue weighted by Crippen LogP contribution is 2.12. The van der Waals surface area contributed by atoms with Gasteiger partial charge in [-0.2, -0.15) is 0 Å². The number of halogens is 2. The number of ether oxygens (including phenoxy) is 2. The van der Waals surface area contributed by atoms with Crippen LogP contribution in [-0.2, 0) is 9.47 Å². The van der Waals surface area contributed by atoms with Gasteiger partial charge in [0, 0.05) is 5.88 Å². The molecular weight excluding hydrogens is 175 g/mol. The minimum absolute atomic E-state index is 0.0204. The molecule has 0 aromatic carbocycles. The van der Waals surface area contributed by atoms with Crippen LogP contribution in [0.2, 0.25) is 0 Å². The van der Waals surface area contributed by atoms with E-state index in [1.165, 1.54) is 0 Å². The smallest absolute Gasteiger partial charge is 0.0984 e. The Bertz CT molecular complexity index is 93.7. The van der Waals surface area contributed by atoms with Crippen LogP contribution in [0.25, 0.3) is 0 Å². The maximum Gasteiger partial charge on any atom is 0.0984 e. The molecule has 0 aromatic heterocycles. The topological polar surface area (TPSA) is 18.5 Å². The van der Waals surface area contributed by atoms with Gasteiger partial charge in [-0.15, -0.1) is 23.2 Å². The van der Waals surface area contributed by atoms with Gasteiger partial charge in [0.25, 0.3) is 0 Å². The molecule has 1 rings (SSSR count). The molecular formula is C6H10Cl2O2. The highest BCUT2D eigenvalue weighted by atomic mass is 35.5. The van der Waals surface area contributed by atoms with Gasteiger partial charge in [-0.25, -0.2) is 0 Å². The summed E-state index contributed by atoms with van der Waals surface area (Å²) in [6.45, 7) is 1.87. The van der Waals surface area contributed by atoms with Crippen molar-refractivity contribution < 1.29 is 9.47 Å². The van der Waals surface area contributed by atoms with Gasteiger partial charge >= 0.3 is 0 Å². The molecule has 2 nitrogen and oxygen atoms in total. The number of hydrogen-bond acceptors (Lipinski definition) is 2. The molecule has 2 unspecified atom stereocenters. The molecule has 0 bridgehead atoms. The van der Waals surface area contributed by atoms with E-state index in [4.69, 9.17) is 32.7 Å². The van der Waals surface area contributed by atoms with Crippen LogP contribution in [-0.4, -0.2) is 37.2 Å². The minimum atomic E-state index is -0.123. The van der Waals surface area contributed by atoms with Gasteiger partial charge in [-0.1, -0.05) is 0 Å². The van der Waals surface area contributed by atoms with Crippen molar-refractivity contribution in [1.82, 2.24) is 0 Å². The third-order valence-corrected chi connectivity index (χ3v) is 2.32. The Kier molecular flexibility index (Phi) is 3.78. The monoisotopic (exact) mass is 184 g/mol. The Morgan fingerprint density at radius 2 is 2.30 bits per heavy atom. The molecule has 0 N–H and O–H groups in total. The first-order valence-corrected chi connectivity index (χ1v) is 4.21. The fourth-order valence-corrected chi connectivity index (χ4v) is 1.16. The lowest BCUT2D eigenvalue weighted by Crippen LogP contribution is -2.36. The molecule has 0 amide bonds. The minimum Gasteiger partial charge on any atom is -0.376 e. The highest BCUT2D eigenvalue weighted by Gasteiger charge is 2.21. The van der Waals surface area contributed by atoms with E-state index in [2.05, 4.69) is 0 Å². The summed E-state index contributed by atoms with van der Waals surface area (Å²) in [6, 6.07) is 0. The average Bonchev–Trinajstić information content (AvgIpc) is 2.05. The molecule has 60 valence electrons. The number of alkyl halides is 2. The van der Waals surface area contributed by atoms with E-state index in [1.807, 2.05) is 0 Å². The summed E-state index contributed by atoms with van der Waals surface area (Å²) < 4.78 is 10.4. The summed E-state index contributed by atoms with van der Waals surface area (Å²) in [6.07, 6.45) is -0.0204. The summed E-state index contributed by atoms with van der Waals surface area (Å²) in [7, 11) is 0. The standard InChI is InChI=1S/C6H10Cl2O2/c7-3-5(8)6-4-9-1-2-10-6/h5-6H,1-4H2. The molecule has 2 atom stereocenters. The third kappa shape index (κ3) is 2.27. The van der Waals surface area contributed by atoms with Gasteiger partial charge in [-0.05, 0) is 0 Å². The molecule has 0 radical (unpaired) electrons. The SMILES string of the molecule is ClCC(Cl)C1COCCO1. The van der Waals surface area contributed by atoms with Crippen LogP contribution in [0.15, 0.2) is 0 Å². The summed E-state index contributed by atoms with van der Waals surface area (Å²) in [5.74, 6) is 0.412. The highest BCUT2D eigenvalue weighted by molar-refractivity contribution is 6.28. The molecule has 0 spiro atoms. The van der Waals surface area contributed by atoms with Crippen LogP contribution in [0.1, 0.15) is 0 Å². The maximum absolute atomic E-state index is 5.81. The number of rotatable bonds is 2. The fraction of sp³-hybridized carbons (Fsp3) is 1.00. The maximum atomic E-state index is 5.81. The van der Waals surface area contributed by atoms with Gasteiger partial charge in [0.1, 0.15) is 0 Å². The van der Waals surface area contributed by atoms with E-state index in [9.17, 15) is 0 Å². The van der Waals surface area contributed by atoms with E-state index < -0.39 is 0 Å². The predicted octanol–water partition coefficient (Wildman–Crippen LogP) is 1.25. The lowest BCUT2D eigenvalue weighted by Gasteiger charge is -2.25. The molecule has 10 heavy (non-hydrogen) atoms. The lowest BCUT2D eigenvalue weighted by atomic mass is 10.3. The fourth-order valence-electron chi connectivity index (χ4n) is 0.814. The van der Waals surface area contributed by atoms with Gasteiger partial charge in [-0.3, -0.25) is 0 Å². The molecule has 1 heterocycles. The average molecular weight is 185 g/mol. The van der Waals surface area contributed by atoms with Crippen molar-refractivity contribution in [2.45, 2.75) is 11.5 Å². The van der Waals surface area contributed by atoms with Crippen LogP contribution in [0, 0.1) is 0 Å². The van der Waals surface area contributed by atoms with Gasteiger partial charge < -0.3 is 9.47 Å². The van der Waals surface area contributed by atoms with Crippen LogP contribution >= 0.6 is 23.2 Å². The van der Waals surface area contributed by atoms with Crippen molar-refractivity contribution in [1.29, 1.82) is 0 Å². The second-order valence-corrected chi connectivity index (χ2v) is 3.02. The van der Waals surface area contributed by atoms with Crippen molar-refractivity contribution in [2.75, 3.05) is 25.7 Å². The van der Waals surface area contributed by atoms with E-state index in [0.29, 0.717) is 25.7 Å². The largest absolute Gasteiger partial charge is 0.376 e. The molecule has 1 fully saturated rings. The molecule has 0 aromatic rings. The predicted molar refractivity (Wildman–Crippen MR) is 40.9 cm³/mol. The van der Waals surface area contributed by atoms with Crippen molar-refractivity contribution in [3.8, 4) is 0 Å². The molecule has 1 saturated heterocycles. The van der Waals surface area contributed by atoms with Gasteiger partial charge in [0.05, 0.1) is 31.3 Å². The summed E-state index contributed by atoms with van der Waals surface area (Å²) in [5, 5.41) is -0.123. The Balaban J connectivity index is 2.24. The molecule has 0 aliphatic carbocycles. The lowest BCUT2D eigenvalue weighted by molar-refractivity contribution is -0.0868. The summed E-state index contributed by atoms with van der Waals surface area (Å²) in [5.41, 5.74) is 0. The van der Waals surface area contributed by atoms with Crippen molar-refractivity contribution in [3.05, 3.63) is 0 Å². The zero-order valence-corrected chi connectivity index (χ0v) is 7.07. The Morgan fingerprint density at radius 1 is 1.50 bits per heavy atom. The molecule has 1 aliphatic rings. The van der Waals surface area contributed by atoms with Crippen molar-refractivity contribution in [3.63, 3.8) is 0 Å². The first-order valence-electron chi connectivity index (χ1n) is 3.24. The van der Waals surface area contributed by atoms with Crippen molar-refractivity contribution in [2.24, 2.45) is 0 Å². The first kappa shape index (κ1) is 8.60. The quantitative estimate of drug-likeness (QED) is 0.602.